The predicted molar refractivity (Wildman–Crippen MR) is 163 cm³/mol. The van der Waals surface area contributed by atoms with Crippen molar-refractivity contribution in [1.29, 1.82) is 0 Å². The molecule has 15 heteroatoms. The number of tetrazole rings is 1. The molecule has 4 heterocycles. The Hall–Kier alpha value is -5.76. The summed E-state index contributed by atoms with van der Waals surface area (Å²) in [5.41, 5.74) is 4.78. The fourth-order valence-corrected chi connectivity index (χ4v) is 5.66. The van der Waals surface area contributed by atoms with Crippen LogP contribution in [0.1, 0.15) is 23.0 Å². The molecule has 1 atom stereocenters. The van der Waals surface area contributed by atoms with Gasteiger partial charge >= 0.3 is 0 Å². The van der Waals surface area contributed by atoms with Gasteiger partial charge in [-0.2, -0.15) is 9.78 Å². The molecule has 2 amide bonds. The molecular formula is C30H23ClFN11O2. The maximum atomic E-state index is 14.3. The van der Waals surface area contributed by atoms with E-state index < -0.39 is 23.7 Å². The molecule has 0 saturated carbocycles. The van der Waals surface area contributed by atoms with Crippen LogP contribution in [0.3, 0.4) is 0 Å². The summed E-state index contributed by atoms with van der Waals surface area (Å²) in [6, 6.07) is 13.0. The SMILES string of the molecule is Cc1cccc(NC(=O)C2c3nncn3CCN2C(=O)/C=C/c2cc(Cl)c(F)cc2-n2cnnn2)c1-c1ccc2cn[nH]c2c1. The van der Waals surface area contributed by atoms with Gasteiger partial charge < -0.3 is 14.8 Å². The zero-order valence-electron chi connectivity index (χ0n) is 23.6. The second-order valence-corrected chi connectivity index (χ2v) is 10.8. The molecule has 0 saturated heterocycles. The number of nitrogens with one attached hydrogen (secondary N) is 2. The largest absolute Gasteiger partial charge is 0.323 e. The number of H-pyrrole nitrogens is 1. The van der Waals surface area contributed by atoms with E-state index in [9.17, 15) is 14.0 Å². The third-order valence-electron chi connectivity index (χ3n) is 7.65. The minimum atomic E-state index is -1.09. The second-order valence-electron chi connectivity index (χ2n) is 10.4. The summed E-state index contributed by atoms with van der Waals surface area (Å²) in [5, 5.41) is 30.1. The predicted octanol–water partition coefficient (Wildman–Crippen LogP) is 4.13. The van der Waals surface area contributed by atoms with Crippen molar-refractivity contribution in [1.82, 2.24) is 50.1 Å². The quantitative estimate of drug-likeness (QED) is 0.263. The number of aromatic nitrogens is 9. The van der Waals surface area contributed by atoms with Gasteiger partial charge in [0.15, 0.2) is 11.9 Å². The first-order valence-electron chi connectivity index (χ1n) is 13.8. The highest BCUT2D eigenvalue weighted by Gasteiger charge is 2.37. The lowest BCUT2D eigenvalue weighted by molar-refractivity contribution is -0.136. The highest BCUT2D eigenvalue weighted by atomic mass is 35.5. The fraction of sp³-hybridized carbons (Fsp3) is 0.133. The number of anilines is 1. The van der Waals surface area contributed by atoms with Crippen molar-refractivity contribution in [3.63, 3.8) is 0 Å². The first-order valence-corrected chi connectivity index (χ1v) is 14.2. The van der Waals surface area contributed by atoms with Crippen molar-refractivity contribution < 1.29 is 14.0 Å². The van der Waals surface area contributed by atoms with Crippen molar-refractivity contribution in [2.75, 3.05) is 11.9 Å². The Balaban J connectivity index is 1.21. The number of hydrogen-bond donors (Lipinski definition) is 2. The van der Waals surface area contributed by atoms with Crippen LogP contribution in [0.4, 0.5) is 10.1 Å². The number of benzene rings is 3. The second kappa shape index (κ2) is 11.4. The number of amides is 2. The number of aryl methyl sites for hydroxylation is 1. The summed E-state index contributed by atoms with van der Waals surface area (Å²) < 4.78 is 17.3. The maximum absolute atomic E-state index is 14.3. The topological polar surface area (TPSA) is 152 Å². The molecule has 45 heavy (non-hydrogen) atoms. The average molecular weight is 624 g/mol. The zero-order valence-corrected chi connectivity index (χ0v) is 24.4. The number of aromatic amines is 1. The molecule has 13 nitrogen and oxygen atoms in total. The molecule has 0 fully saturated rings. The molecule has 0 radical (unpaired) electrons. The standard InChI is InChI=1S/C30H23ClFN11O2/c1-17-3-2-4-23(27(17)19-5-6-20-14-33-37-24(20)12-19)36-30(45)28-29-38-34-15-41(29)9-10-42(28)26(44)8-7-18-11-21(31)22(32)13-25(18)43-16-35-39-40-43/h2-8,11-16,28H,9-10H2,1H3,(H,33,37)(H,36,45)/b8-7+. The van der Waals surface area contributed by atoms with Gasteiger partial charge in [0.2, 0.25) is 5.91 Å². The third-order valence-corrected chi connectivity index (χ3v) is 7.94. The molecular weight excluding hydrogens is 601 g/mol. The minimum absolute atomic E-state index is 0.136. The average Bonchev–Trinajstić information content (AvgIpc) is 3.83. The molecule has 6 aromatic rings. The summed E-state index contributed by atoms with van der Waals surface area (Å²) in [4.78, 5) is 29.2. The van der Waals surface area contributed by atoms with Gasteiger partial charge in [0, 0.05) is 47.4 Å². The van der Waals surface area contributed by atoms with Crippen LogP contribution in [0.15, 0.2) is 73.5 Å². The van der Waals surface area contributed by atoms with Crippen molar-refractivity contribution in [2.24, 2.45) is 0 Å². The molecule has 0 aliphatic carbocycles. The van der Waals surface area contributed by atoms with E-state index in [1.807, 2.05) is 43.3 Å². The molecule has 1 unspecified atom stereocenters. The van der Waals surface area contributed by atoms with Crippen molar-refractivity contribution in [2.45, 2.75) is 19.5 Å². The van der Waals surface area contributed by atoms with Crippen molar-refractivity contribution >= 4 is 46.1 Å². The number of hydrogen-bond acceptors (Lipinski definition) is 8. The Kier molecular flexibility index (Phi) is 7.10. The molecule has 3 aromatic heterocycles. The van der Waals surface area contributed by atoms with E-state index in [-0.39, 0.29) is 17.3 Å². The summed E-state index contributed by atoms with van der Waals surface area (Å²) in [5.74, 6) is -1.27. The summed E-state index contributed by atoms with van der Waals surface area (Å²) in [6.07, 6.45) is 7.34. The highest BCUT2D eigenvalue weighted by molar-refractivity contribution is 6.31. The van der Waals surface area contributed by atoms with E-state index in [4.69, 9.17) is 11.6 Å². The normalized spacial score (nSPS) is 14.6. The van der Waals surface area contributed by atoms with Crippen LogP contribution >= 0.6 is 11.6 Å². The number of carbonyl (C=O) groups excluding carboxylic acids is 2. The monoisotopic (exact) mass is 623 g/mol. The van der Waals surface area contributed by atoms with E-state index in [1.165, 1.54) is 46.5 Å². The molecule has 1 aliphatic rings. The summed E-state index contributed by atoms with van der Waals surface area (Å²) in [7, 11) is 0. The molecule has 0 spiro atoms. The molecule has 2 N–H and O–H groups in total. The zero-order chi connectivity index (χ0) is 31.1. The van der Waals surface area contributed by atoms with Crippen LogP contribution in [0, 0.1) is 12.7 Å². The van der Waals surface area contributed by atoms with Gasteiger partial charge in [-0.15, -0.1) is 15.3 Å². The Morgan fingerprint density at radius 2 is 2.00 bits per heavy atom. The van der Waals surface area contributed by atoms with Crippen LogP contribution in [0.25, 0.3) is 33.8 Å². The third kappa shape index (κ3) is 5.20. The maximum Gasteiger partial charge on any atom is 0.255 e. The van der Waals surface area contributed by atoms with Crippen LogP contribution in [-0.2, 0) is 16.1 Å². The van der Waals surface area contributed by atoms with Crippen LogP contribution in [-0.4, -0.2) is 68.4 Å². The Morgan fingerprint density at radius 3 is 2.84 bits per heavy atom. The number of halogens is 2. The van der Waals surface area contributed by atoms with Crippen LogP contribution < -0.4 is 5.32 Å². The molecule has 3 aromatic carbocycles. The first kappa shape index (κ1) is 28.0. The fourth-order valence-electron chi connectivity index (χ4n) is 5.49. The number of carbonyl (C=O) groups is 2. The van der Waals surface area contributed by atoms with E-state index in [1.54, 1.807) is 10.8 Å². The van der Waals surface area contributed by atoms with Gasteiger partial charge in [-0.1, -0.05) is 35.9 Å². The first-order chi connectivity index (χ1) is 21.9. The highest BCUT2D eigenvalue weighted by Crippen LogP contribution is 2.35. The Labute approximate surface area is 259 Å². The van der Waals surface area contributed by atoms with Crippen LogP contribution in [0.5, 0.6) is 0 Å². The van der Waals surface area contributed by atoms with E-state index in [2.05, 4.69) is 41.2 Å². The van der Waals surface area contributed by atoms with E-state index in [0.29, 0.717) is 23.6 Å². The van der Waals surface area contributed by atoms with Gasteiger partial charge in [0.25, 0.3) is 5.91 Å². The van der Waals surface area contributed by atoms with Gasteiger partial charge in [0.05, 0.1) is 22.4 Å². The lowest BCUT2D eigenvalue weighted by Crippen LogP contribution is -2.46. The van der Waals surface area contributed by atoms with Gasteiger partial charge in [-0.3, -0.25) is 14.7 Å². The number of rotatable bonds is 6. The summed E-state index contributed by atoms with van der Waals surface area (Å²) in [6.45, 7) is 2.57. The Bertz CT molecular complexity index is 2100. The van der Waals surface area contributed by atoms with E-state index in [0.717, 1.165) is 27.6 Å². The van der Waals surface area contributed by atoms with Gasteiger partial charge in [-0.25, -0.2) is 4.39 Å². The minimum Gasteiger partial charge on any atom is -0.323 e. The van der Waals surface area contributed by atoms with Crippen molar-refractivity contribution in [3.05, 3.63) is 101 Å². The smallest absolute Gasteiger partial charge is 0.255 e. The number of fused-ring (bicyclic) bond motifs is 2. The van der Waals surface area contributed by atoms with Crippen LogP contribution in [0.2, 0.25) is 5.02 Å². The molecule has 224 valence electrons. The summed E-state index contributed by atoms with van der Waals surface area (Å²) >= 11 is 6.05. The molecule has 1 aliphatic heterocycles. The van der Waals surface area contributed by atoms with E-state index >= 15 is 0 Å². The lowest BCUT2D eigenvalue weighted by Gasteiger charge is -2.34. The van der Waals surface area contributed by atoms with Gasteiger partial charge in [0.1, 0.15) is 18.5 Å². The van der Waals surface area contributed by atoms with Crippen molar-refractivity contribution in [3.8, 4) is 16.8 Å². The number of nitrogens with zero attached hydrogens (tertiary/aromatic N) is 9. The molecule has 0 bridgehead atoms. The lowest BCUT2D eigenvalue weighted by atomic mass is 9.97. The molecule has 7 rings (SSSR count). The Morgan fingerprint density at radius 1 is 1.11 bits per heavy atom. The van der Waals surface area contributed by atoms with Gasteiger partial charge in [-0.05, 0) is 52.8 Å².